The minimum atomic E-state index is -0.951. The average molecular weight is 193 g/mol. The van der Waals surface area contributed by atoms with Gasteiger partial charge in [-0.1, -0.05) is 37.3 Å². The Bertz CT molecular complexity index is 285. The summed E-state index contributed by atoms with van der Waals surface area (Å²) in [6.07, 6.45) is 0.609. The van der Waals surface area contributed by atoms with E-state index in [-0.39, 0.29) is 6.04 Å². The van der Waals surface area contributed by atoms with Gasteiger partial charge in [-0.05, 0) is 18.4 Å². The zero-order chi connectivity index (χ0) is 10.4. The summed E-state index contributed by atoms with van der Waals surface area (Å²) >= 11 is 0. The third-order valence-electron chi connectivity index (χ3n) is 2.15. The van der Waals surface area contributed by atoms with Crippen molar-refractivity contribution in [2.45, 2.75) is 25.8 Å². The number of rotatable bonds is 4. The van der Waals surface area contributed by atoms with Crippen molar-refractivity contribution in [2.24, 2.45) is 0 Å². The van der Waals surface area contributed by atoms with Crippen LogP contribution in [0.15, 0.2) is 30.3 Å². The van der Waals surface area contributed by atoms with E-state index in [4.69, 9.17) is 5.11 Å². The Morgan fingerprint density at radius 1 is 1.43 bits per heavy atom. The van der Waals surface area contributed by atoms with Crippen LogP contribution in [0.1, 0.15) is 18.9 Å². The third-order valence-corrected chi connectivity index (χ3v) is 2.15. The molecule has 3 nitrogen and oxygen atoms in total. The Morgan fingerprint density at radius 3 is 2.57 bits per heavy atom. The Labute approximate surface area is 83.8 Å². The number of amides is 1. The van der Waals surface area contributed by atoms with Crippen LogP contribution in [0.4, 0.5) is 4.79 Å². The number of benzene rings is 1. The summed E-state index contributed by atoms with van der Waals surface area (Å²) in [4.78, 5) is 10.4. The highest BCUT2D eigenvalue weighted by Gasteiger charge is 2.08. The van der Waals surface area contributed by atoms with Gasteiger partial charge in [0.1, 0.15) is 0 Å². The van der Waals surface area contributed by atoms with Gasteiger partial charge < -0.3 is 10.4 Å². The predicted octanol–water partition coefficient (Wildman–Crippen LogP) is 2.28. The van der Waals surface area contributed by atoms with Gasteiger partial charge in [0.05, 0.1) is 0 Å². The fourth-order valence-corrected chi connectivity index (χ4v) is 1.37. The largest absolute Gasteiger partial charge is 0.465 e. The molecule has 0 fully saturated rings. The lowest BCUT2D eigenvalue weighted by molar-refractivity contribution is 0.189. The first-order chi connectivity index (χ1) is 6.72. The maximum atomic E-state index is 10.4. The number of carbonyl (C=O) groups is 1. The lowest BCUT2D eigenvalue weighted by Gasteiger charge is -2.14. The highest BCUT2D eigenvalue weighted by molar-refractivity contribution is 5.64. The smallest absolute Gasteiger partial charge is 0.404 e. The van der Waals surface area contributed by atoms with Gasteiger partial charge in [-0.15, -0.1) is 0 Å². The molecule has 0 radical (unpaired) electrons. The molecule has 1 aromatic carbocycles. The van der Waals surface area contributed by atoms with E-state index >= 15 is 0 Å². The predicted molar refractivity (Wildman–Crippen MR) is 55.4 cm³/mol. The first kappa shape index (κ1) is 10.6. The van der Waals surface area contributed by atoms with Crippen LogP contribution in [0.5, 0.6) is 0 Å². The van der Waals surface area contributed by atoms with Gasteiger partial charge in [0.25, 0.3) is 0 Å². The Morgan fingerprint density at radius 2 is 2.07 bits per heavy atom. The quantitative estimate of drug-likeness (QED) is 0.770. The van der Waals surface area contributed by atoms with Gasteiger partial charge in [-0.2, -0.15) is 0 Å². The van der Waals surface area contributed by atoms with Crippen molar-refractivity contribution in [1.29, 1.82) is 0 Å². The van der Waals surface area contributed by atoms with E-state index in [1.807, 2.05) is 37.3 Å². The summed E-state index contributed by atoms with van der Waals surface area (Å²) in [5.74, 6) is 0. The van der Waals surface area contributed by atoms with Gasteiger partial charge in [0, 0.05) is 6.04 Å². The van der Waals surface area contributed by atoms with Crippen molar-refractivity contribution in [3.63, 3.8) is 0 Å². The van der Waals surface area contributed by atoms with Crippen molar-refractivity contribution >= 4 is 6.09 Å². The zero-order valence-electron chi connectivity index (χ0n) is 8.23. The fourth-order valence-electron chi connectivity index (χ4n) is 1.37. The molecule has 1 atom stereocenters. The van der Waals surface area contributed by atoms with Gasteiger partial charge in [-0.3, -0.25) is 0 Å². The fraction of sp³-hybridized carbons (Fsp3) is 0.364. The summed E-state index contributed by atoms with van der Waals surface area (Å²) in [6, 6.07) is 9.90. The molecule has 76 valence electrons. The van der Waals surface area contributed by atoms with E-state index in [2.05, 4.69) is 5.32 Å². The second-order valence-electron chi connectivity index (χ2n) is 3.24. The van der Waals surface area contributed by atoms with Crippen LogP contribution in [-0.2, 0) is 6.42 Å². The Hall–Kier alpha value is -1.51. The Kier molecular flexibility index (Phi) is 3.98. The summed E-state index contributed by atoms with van der Waals surface area (Å²) in [7, 11) is 0. The van der Waals surface area contributed by atoms with Gasteiger partial charge >= 0.3 is 6.09 Å². The van der Waals surface area contributed by atoms with Gasteiger partial charge in [0.15, 0.2) is 0 Å². The first-order valence-electron chi connectivity index (χ1n) is 4.75. The molecular formula is C11H15NO2. The van der Waals surface area contributed by atoms with Crippen LogP contribution in [0.2, 0.25) is 0 Å². The highest BCUT2D eigenvalue weighted by Crippen LogP contribution is 2.05. The zero-order valence-corrected chi connectivity index (χ0v) is 8.23. The number of carboxylic acid groups (broad SMARTS) is 1. The summed E-state index contributed by atoms with van der Waals surface area (Å²) in [6.45, 7) is 1.98. The molecule has 0 aliphatic carbocycles. The molecule has 0 aliphatic rings. The minimum absolute atomic E-state index is 0.00917. The van der Waals surface area contributed by atoms with Crippen LogP contribution in [0, 0.1) is 0 Å². The van der Waals surface area contributed by atoms with Crippen molar-refractivity contribution in [1.82, 2.24) is 5.32 Å². The van der Waals surface area contributed by atoms with Crippen LogP contribution in [0.3, 0.4) is 0 Å². The molecule has 14 heavy (non-hydrogen) atoms. The summed E-state index contributed by atoms with van der Waals surface area (Å²) in [5.41, 5.74) is 1.16. The maximum absolute atomic E-state index is 10.4. The molecule has 0 saturated heterocycles. The normalized spacial score (nSPS) is 12.1. The average Bonchev–Trinajstić information content (AvgIpc) is 2.17. The summed E-state index contributed by atoms with van der Waals surface area (Å²) < 4.78 is 0. The van der Waals surface area contributed by atoms with E-state index in [0.29, 0.717) is 0 Å². The van der Waals surface area contributed by atoms with Gasteiger partial charge in [-0.25, -0.2) is 4.79 Å². The van der Waals surface area contributed by atoms with E-state index < -0.39 is 6.09 Å². The SMILES string of the molecule is CCC(Cc1ccccc1)NC(=O)O. The molecule has 1 amide bonds. The molecule has 3 heteroatoms. The van der Waals surface area contributed by atoms with E-state index in [1.54, 1.807) is 0 Å². The molecular weight excluding hydrogens is 178 g/mol. The van der Waals surface area contributed by atoms with Crippen LogP contribution < -0.4 is 5.32 Å². The minimum Gasteiger partial charge on any atom is -0.465 e. The lowest BCUT2D eigenvalue weighted by atomic mass is 10.0. The van der Waals surface area contributed by atoms with Crippen molar-refractivity contribution in [2.75, 3.05) is 0 Å². The van der Waals surface area contributed by atoms with Crippen molar-refractivity contribution in [3.05, 3.63) is 35.9 Å². The molecule has 1 unspecified atom stereocenters. The molecule has 0 bridgehead atoms. The highest BCUT2D eigenvalue weighted by atomic mass is 16.4. The molecule has 1 aromatic rings. The monoisotopic (exact) mass is 193 g/mol. The van der Waals surface area contributed by atoms with E-state index in [9.17, 15) is 4.79 Å². The molecule has 0 aliphatic heterocycles. The number of hydrogen-bond acceptors (Lipinski definition) is 1. The molecule has 2 N–H and O–H groups in total. The summed E-state index contributed by atoms with van der Waals surface area (Å²) in [5, 5.41) is 11.1. The van der Waals surface area contributed by atoms with Crippen LogP contribution in [-0.4, -0.2) is 17.2 Å². The second-order valence-corrected chi connectivity index (χ2v) is 3.24. The van der Waals surface area contributed by atoms with Crippen LogP contribution >= 0.6 is 0 Å². The number of hydrogen-bond donors (Lipinski definition) is 2. The van der Waals surface area contributed by atoms with Gasteiger partial charge in [0.2, 0.25) is 0 Å². The molecule has 0 spiro atoms. The molecule has 0 heterocycles. The van der Waals surface area contributed by atoms with Crippen LogP contribution in [0.25, 0.3) is 0 Å². The maximum Gasteiger partial charge on any atom is 0.404 e. The van der Waals surface area contributed by atoms with Crippen molar-refractivity contribution in [3.8, 4) is 0 Å². The molecule has 0 saturated carbocycles. The lowest BCUT2D eigenvalue weighted by Crippen LogP contribution is -2.34. The van der Waals surface area contributed by atoms with E-state index in [1.165, 1.54) is 0 Å². The molecule has 1 rings (SSSR count). The topological polar surface area (TPSA) is 49.3 Å². The Balaban J connectivity index is 2.53. The number of nitrogens with one attached hydrogen (secondary N) is 1. The standard InChI is InChI=1S/C11H15NO2/c1-2-10(12-11(13)14)8-9-6-4-3-5-7-9/h3-7,10,12H,2,8H2,1H3,(H,13,14). The second kappa shape index (κ2) is 5.27. The third kappa shape index (κ3) is 3.47. The van der Waals surface area contributed by atoms with E-state index in [0.717, 1.165) is 18.4 Å². The van der Waals surface area contributed by atoms with Crippen molar-refractivity contribution < 1.29 is 9.90 Å². The molecule has 0 aromatic heterocycles. The first-order valence-corrected chi connectivity index (χ1v) is 4.75.